The van der Waals surface area contributed by atoms with E-state index in [1.165, 1.54) is 77.4 Å². The van der Waals surface area contributed by atoms with Crippen LogP contribution >= 0.6 is 0 Å². The first-order valence-electron chi connectivity index (χ1n) is 19.8. The van der Waals surface area contributed by atoms with Gasteiger partial charge in [0, 0.05) is 33.4 Å². The number of para-hydroxylation sites is 2. The zero-order chi connectivity index (χ0) is 37.5. The Hall–Kier alpha value is -7.42. The Morgan fingerprint density at radius 1 is 0.351 bits per heavy atom. The zero-order valence-corrected chi connectivity index (χ0v) is 31.2. The number of aromatic nitrogens is 1. The van der Waals surface area contributed by atoms with Crippen LogP contribution in [-0.4, -0.2) is 4.57 Å². The highest BCUT2D eigenvalue weighted by Crippen LogP contribution is 2.64. The Kier molecular flexibility index (Phi) is 6.88. The van der Waals surface area contributed by atoms with E-state index in [-0.39, 0.29) is 0 Å². The van der Waals surface area contributed by atoms with E-state index in [2.05, 4.69) is 228 Å². The molecular weight excluding hydrogens is 689 g/mol. The molecule has 0 amide bonds. The number of anilines is 3. The van der Waals surface area contributed by atoms with Gasteiger partial charge in [0.1, 0.15) is 0 Å². The van der Waals surface area contributed by atoms with Crippen molar-refractivity contribution in [2.75, 3.05) is 4.90 Å². The molecule has 2 aliphatic carbocycles. The smallest absolute Gasteiger partial charge is 0.0726 e. The number of nitrogens with zero attached hydrogens (tertiary/aromatic N) is 2. The van der Waals surface area contributed by atoms with Crippen LogP contribution in [-0.2, 0) is 5.41 Å². The maximum absolute atomic E-state index is 2.50. The lowest BCUT2D eigenvalue weighted by Gasteiger charge is -2.32. The summed E-state index contributed by atoms with van der Waals surface area (Å²) in [6, 6.07) is 80.5. The molecule has 0 unspecified atom stereocenters. The van der Waals surface area contributed by atoms with Gasteiger partial charge in [0.15, 0.2) is 0 Å². The predicted molar refractivity (Wildman–Crippen MR) is 237 cm³/mol. The van der Waals surface area contributed by atoms with Crippen LogP contribution in [0.15, 0.2) is 218 Å². The number of fused-ring (bicyclic) bond motifs is 13. The molecular formula is C55H36N2. The van der Waals surface area contributed by atoms with Gasteiger partial charge in [-0.3, -0.25) is 0 Å². The highest BCUT2D eigenvalue weighted by molar-refractivity contribution is 6.11. The Morgan fingerprint density at radius 2 is 0.895 bits per heavy atom. The first-order chi connectivity index (χ1) is 28.3. The van der Waals surface area contributed by atoms with Crippen LogP contribution in [0.1, 0.15) is 22.3 Å². The number of benzene rings is 9. The Labute approximate surface area is 332 Å². The Bertz CT molecular complexity index is 3150. The monoisotopic (exact) mass is 724 g/mol. The minimum atomic E-state index is -0.434. The highest BCUT2D eigenvalue weighted by atomic mass is 15.1. The summed E-state index contributed by atoms with van der Waals surface area (Å²) in [6.45, 7) is 0. The summed E-state index contributed by atoms with van der Waals surface area (Å²) >= 11 is 0. The standard InChI is InChI=1S/C55H36N2/c1-3-17-37(18-4-1)38-19-15-22-40(35-38)56(41-33-34-45-44-25-10-14-31-51(44)57(53(45)36-41)39-20-5-2-6-21-39)52-32-16-30-50-54(52)46-26-9-13-29-49(46)55(50)47-27-11-7-23-42(47)43-24-8-12-28-48(43)55/h1-36H. The van der Waals surface area contributed by atoms with Gasteiger partial charge in [-0.2, -0.15) is 0 Å². The summed E-state index contributed by atoms with van der Waals surface area (Å²) in [5, 5.41) is 2.48. The quantitative estimate of drug-likeness (QED) is 0.172. The van der Waals surface area contributed by atoms with Crippen LogP contribution in [0.25, 0.3) is 60.9 Å². The van der Waals surface area contributed by atoms with Gasteiger partial charge in [-0.15, -0.1) is 0 Å². The van der Waals surface area contributed by atoms with E-state index in [1.807, 2.05) is 0 Å². The van der Waals surface area contributed by atoms with Crippen LogP contribution in [0.5, 0.6) is 0 Å². The zero-order valence-electron chi connectivity index (χ0n) is 31.2. The van der Waals surface area contributed by atoms with Crippen LogP contribution in [0.3, 0.4) is 0 Å². The van der Waals surface area contributed by atoms with Gasteiger partial charge >= 0.3 is 0 Å². The molecule has 57 heavy (non-hydrogen) atoms. The molecule has 0 aliphatic heterocycles. The van der Waals surface area contributed by atoms with Gasteiger partial charge in [-0.1, -0.05) is 170 Å². The third kappa shape index (κ3) is 4.47. The van der Waals surface area contributed by atoms with Crippen LogP contribution < -0.4 is 4.90 Å². The molecule has 0 bridgehead atoms. The van der Waals surface area contributed by atoms with E-state index in [1.54, 1.807) is 0 Å². The molecule has 0 radical (unpaired) electrons. The summed E-state index contributed by atoms with van der Waals surface area (Å²) in [7, 11) is 0. The highest BCUT2D eigenvalue weighted by Gasteiger charge is 2.52. The van der Waals surface area contributed by atoms with E-state index >= 15 is 0 Å². The lowest BCUT2D eigenvalue weighted by atomic mass is 9.70. The van der Waals surface area contributed by atoms with E-state index in [4.69, 9.17) is 0 Å². The molecule has 0 saturated heterocycles. The fraction of sp³-hybridized carbons (Fsp3) is 0.0182. The predicted octanol–water partition coefficient (Wildman–Crippen LogP) is 14.3. The van der Waals surface area contributed by atoms with E-state index in [9.17, 15) is 0 Å². The van der Waals surface area contributed by atoms with E-state index in [0.29, 0.717) is 0 Å². The molecule has 0 atom stereocenters. The average molecular weight is 725 g/mol. The first-order valence-corrected chi connectivity index (χ1v) is 19.8. The van der Waals surface area contributed by atoms with Gasteiger partial charge in [0.25, 0.3) is 0 Å². The van der Waals surface area contributed by atoms with Crippen LogP contribution in [0.4, 0.5) is 17.1 Å². The topological polar surface area (TPSA) is 8.17 Å². The maximum atomic E-state index is 2.50. The minimum absolute atomic E-state index is 0.434. The van der Waals surface area contributed by atoms with E-state index in [0.717, 1.165) is 22.7 Å². The molecule has 9 aromatic carbocycles. The van der Waals surface area contributed by atoms with Gasteiger partial charge in [-0.05, 0) is 98.6 Å². The third-order valence-corrected chi connectivity index (χ3v) is 12.4. The van der Waals surface area contributed by atoms with E-state index < -0.39 is 5.41 Å². The SMILES string of the molecule is c1ccc(-c2cccc(N(c3ccc4c5ccccc5n(-c5ccccc5)c4c3)c3cccc4c3-c3ccccc3C43c4ccccc4-c4ccccc43)c2)cc1. The van der Waals surface area contributed by atoms with Crippen LogP contribution in [0, 0.1) is 0 Å². The van der Waals surface area contributed by atoms with Gasteiger partial charge < -0.3 is 9.47 Å². The van der Waals surface area contributed by atoms with Crippen molar-refractivity contribution in [3.05, 3.63) is 241 Å². The van der Waals surface area contributed by atoms with Crippen molar-refractivity contribution in [1.82, 2.24) is 4.57 Å². The largest absolute Gasteiger partial charge is 0.310 e. The van der Waals surface area contributed by atoms with Crippen molar-refractivity contribution < 1.29 is 0 Å². The summed E-state index contributed by atoms with van der Waals surface area (Å²) in [4.78, 5) is 2.50. The number of rotatable bonds is 5. The molecule has 266 valence electrons. The number of hydrogen-bond donors (Lipinski definition) is 0. The second-order valence-electron chi connectivity index (χ2n) is 15.2. The second-order valence-corrected chi connectivity index (χ2v) is 15.2. The molecule has 2 nitrogen and oxygen atoms in total. The summed E-state index contributed by atoms with van der Waals surface area (Å²) < 4.78 is 2.42. The molecule has 0 N–H and O–H groups in total. The summed E-state index contributed by atoms with van der Waals surface area (Å²) in [6.07, 6.45) is 0. The van der Waals surface area contributed by atoms with Crippen molar-refractivity contribution in [2.24, 2.45) is 0 Å². The summed E-state index contributed by atoms with van der Waals surface area (Å²) in [5.41, 5.74) is 19.4. The molecule has 2 heteroatoms. The van der Waals surface area contributed by atoms with Gasteiger partial charge in [0.2, 0.25) is 0 Å². The molecule has 0 saturated carbocycles. The first kappa shape index (κ1) is 31.9. The lowest BCUT2D eigenvalue weighted by molar-refractivity contribution is 0.794. The lowest BCUT2D eigenvalue weighted by Crippen LogP contribution is -2.26. The average Bonchev–Trinajstić information content (AvgIpc) is 3.89. The minimum Gasteiger partial charge on any atom is -0.310 e. The van der Waals surface area contributed by atoms with Crippen molar-refractivity contribution in [1.29, 1.82) is 0 Å². The van der Waals surface area contributed by atoms with Crippen molar-refractivity contribution in [3.63, 3.8) is 0 Å². The molecule has 10 aromatic rings. The number of hydrogen-bond acceptors (Lipinski definition) is 1. The van der Waals surface area contributed by atoms with Crippen molar-refractivity contribution in [3.8, 4) is 39.1 Å². The molecule has 1 heterocycles. The third-order valence-electron chi connectivity index (χ3n) is 12.4. The molecule has 2 aliphatic rings. The fourth-order valence-corrected chi connectivity index (χ4v) is 10.1. The van der Waals surface area contributed by atoms with Crippen molar-refractivity contribution >= 4 is 38.9 Å². The van der Waals surface area contributed by atoms with Crippen molar-refractivity contribution in [2.45, 2.75) is 5.41 Å². The van der Waals surface area contributed by atoms with Gasteiger partial charge in [-0.25, -0.2) is 0 Å². The van der Waals surface area contributed by atoms with Gasteiger partial charge in [0.05, 0.1) is 22.1 Å². The molecule has 1 aromatic heterocycles. The fourth-order valence-electron chi connectivity index (χ4n) is 10.1. The molecule has 1 spiro atoms. The molecule has 12 rings (SSSR count). The second kappa shape index (κ2) is 12.3. The Balaban J connectivity index is 1.17. The molecule has 0 fully saturated rings. The maximum Gasteiger partial charge on any atom is 0.0726 e. The normalized spacial score (nSPS) is 13.1. The Morgan fingerprint density at radius 3 is 1.65 bits per heavy atom. The summed E-state index contributed by atoms with van der Waals surface area (Å²) in [5.74, 6) is 0. The van der Waals surface area contributed by atoms with Crippen LogP contribution in [0.2, 0.25) is 0 Å².